The summed E-state index contributed by atoms with van der Waals surface area (Å²) in [4.78, 5) is 11.7. The highest BCUT2D eigenvalue weighted by Crippen LogP contribution is 2.48. The number of carbonyl (C=O) groups is 1. The number of ether oxygens (including phenoxy) is 1. The second-order valence-corrected chi connectivity index (χ2v) is 8.56. The van der Waals surface area contributed by atoms with Gasteiger partial charge in [-0.2, -0.15) is 0 Å². The van der Waals surface area contributed by atoms with Crippen LogP contribution in [0, 0.1) is 35.2 Å². The Morgan fingerprint density at radius 2 is 1.68 bits per heavy atom. The first kappa shape index (κ1) is 19.3. The molecule has 0 bridgehead atoms. The average molecular weight is 390 g/mol. The quantitative estimate of drug-likeness (QED) is 0.558. The first-order valence-corrected chi connectivity index (χ1v) is 10.1. The van der Waals surface area contributed by atoms with Gasteiger partial charge in [0.25, 0.3) is 0 Å². The van der Waals surface area contributed by atoms with Crippen molar-refractivity contribution in [2.75, 3.05) is 7.11 Å². The van der Waals surface area contributed by atoms with Gasteiger partial charge in [-0.3, -0.25) is 0 Å². The largest absolute Gasteiger partial charge is 0.465 e. The number of rotatable bonds is 2. The molecule has 2 aromatic rings. The number of hydrogen-bond acceptors (Lipinski definition) is 2. The first-order chi connectivity index (χ1) is 13.4. The number of carbonyl (C=O) groups excluding carboxylic acids is 1. The maximum absolute atomic E-state index is 14.9. The molecule has 0 saturated heterocycles. The topological polar surface area (TPSA) is 26.3 Å². The molecule has 0 aliphatic heterocycles. The Balaban J connectivity index is 1.71. The van der Waals surface area contributed by atoms with Gasteiger partial charge >= 0.3 is 5.97 Å². The van der Waals surface area contributed by atoms with E-state index in [-0.39, 0.29) is 11.3 Å². The van der Waals surface area contributed by atoms with E-state index >= 15 is 0 Å². The minimum atomic E-state index is -1.21. The van der Waals surface area contributed by atoms with Crippen molar-refractivity contribution < 1.29 is 22.7 Å². The van der Waals surface area contributed by atoms with Crippen LogP contribution in [0.4, 0.5) is 13.2 Å². The zero-order valence-corrected chi connectivity index (χ0v) is 16.2. The summed E-state index contributed by atoms with van der Waals surface area (Å²) in [6, 6.07) is 4.29. The van der Waals surface area contributed by atoms with Gasteiger partial charge in [0.1, 0.15) is 5.82 Å². The fourth-order valence-corrected chi connectivity index (χ4v) is 5.37. The zero-order valence-electron chi connectivity index (χ0n) is 16.2. The van der Waals surface area contributed by atoms with Crippen LogP contribution >= 0.6 is 0 Å². The van der Waals surface area contributed by atoms with E-state index in [0.29, 0.717) is 17.4 Å². The number of hydrogen-bond donors (Lipinski definition) is 0. The van der Waals surface area contributed by atoms with Crippen molar-refractivity contribution in [2.45, 2.75) is 51.4 Å². The summed E-state index contributed by atoms with van der Waals surface area (Å²) in [6.45, 7) is 2.29. The Morgan fingerprint density at radius 3 is 2.43 bits per heavy atom. The summed E-state index contributed by atoms with van der Waals surface area (Å²) in [5.41, 5.74) is -0.0508. The van der Waals surface area contributed by atoms with Crippen molar-refractivity contribution in [1.29, 1.82) is 0 Å². The van der Waals surface area contributed by atoms with E-state index in [1.807, 2.05) is 0 Å². The van der Waals surface area contributed by atoms with Crippen LogP contribution in [0.2, 0.25) is 0 Å². The van der Waals surface area contributed by atoms with E-state index in [2.05, 4.69) is 11.7 Å². The average Bonchev–Trinajstić information content (AvgIpc) is 2.69. The Bertz CT molecular complexity index is 924. The van der Waals surface area contributed by atoms with Crippen LogP contribution < -0.4 is 0 Å². The lowest BCUT2D eigenvalue weighted by Gasteiger charge is -2.41. The van der Waals surface area contributed by atoms with Gasteiger partial charge in [0.2, 0.25) is 0 Å². The lowest BCUT2D eigenvalue weighted by Crippen LogP contribution is -2.30. The molecule has 0 amide bonds. The minimum absolute atomic E-state index is 0.0445. The van der Waals surface area contributed by atoms with E-state index < -0.39 is 34.4 Å². The molecular formula is C23H25F3O2. The van der Waals surface area contributed by atoms with Gasteiger partial charge in [0.05, 0.1) is 18.1 Å². The summed E-state index contributed by atoms with van der Waals surface area (Å²) < 4.78 is 49.0. The lowest BCUT2D eigenvalue weighted by atomic mass is 9.64. The van der Waals surface area contributed by atoms with Gasteiger partial charge in [-0.15, -0.1) is 0 Å². The molecule has 2 saturated carbocycles. The number of methoxy groups -OCH3 is 1. The third-order valence-electron chi connectivity index (χ3n) is 6.87. The molecule has 2 nitrogen and oxygen atoms in total. The minimum Gasteiger partial charge on any atom is -0.465 e. The second-order valence-electron chi connectivity index (χ2n) is 8.56. The molecule has 2 fully saturated rings. The van der Waals surface area contributed by atoms with Crippen LogP contribution in [-0.4, -0.2) is 13.1 Å². The normalized spacial score (nSPS) is 27.5. The molecule has 0 N–H and O–H groups in total. The highest BCUT2D eigenvalue weighted by Gasteiger charge is 2.36. The highest BCUT2D eigenvalue weighted by atomic mass is 19.2. The summed E-state index contributed by atoms with van der Waals surface area (Å²) in [5, 5.41) is -0.206. The predicted molar refractivity (Wildman–Crippen MR) is 102 cm³/mol. The van der Waals surface area contributed by atoms with E-state index in [4.69, 9.17) is 0 Å². The molecule has 28 heavy (non-hydrogen) atoms. The zero-order chi connectivity index (χ0) is 20.0. The summed E-state index contributed by atoms with van der Waals surface area (Å²) in [7, 11) is 1.12. The van der Waals surface area contributed by atoms with Gasteiger partial charge in [-0.1, -0.05) is 19.4 Å². The summed E-state index contributed by atoms with van der Waals surface area (Å²) in [6.07, 6.45) is 6.31. The predicted octanol–water partition coefficient (Wildman–Crippen LogP) is 6.36. The van der Waals surface area contributed by atoms with Crippen molar-refractivity contribution in [2.24, 2.45) is 17.8 Å². The monoisotopic (exact) mass is 390 g/mol. The molecule has 2 unspecified atom stereocenters. The van der Waals surface area contributed by atoms with E-state index in [1.54, 1.807) is 6.07 Å². The molecule has 2 aromatic carbocycles. The van der Waals surface area contributed by atoms with E-state index in [1.165, 1.54) is 25.0 Å². The molecule has 150 valence electrons. The summed E-state index contributed by atoms with van der Waals surface area (Å²) in [5.74, 6) is -2.22. The van der Waals surface area contributed by atoms with Crippen LogP contribution in [0.1, 0.15) is 67.3 Å². The van der Waals surface area contributed by atoms with Gasteiger partial charge in [-0.25, -0.2) is 18.0 Å². The molecule has 5 heteroatoms. The van der Waals surface area contributed by atoms with Crippen molar-refractivity contribution in [3.63, 3.8) is 0 Å². The number of benzene rings is 2. The molecule has 0 spiro atoms. The Morgan fingerprint density at radius 1 is 0.964 bits per heavy atom. The van der Waals surface area contributed by atoms with Crippen LogP contribution in [0.3, 0.4) is 0 Å². The Labute approximate surface area is 163 Å². The molecule has 2 aliphatic rings. The third kappa shape index (κ3) is 3.19. The fraction of sp³-hybridized carbons (Fsp3) is 0.522. The standard InChI is InChI=1S/C23H25F3O2/c1-12-3-4-14-10-15(6-5-13(14)9-12)18-11-16-7-8-17(23(27)28-2)20(24)19(16)22(26)21(18)25/h7-8,11-15H,3-6,9-10H2,1-2H3/t12?,13-,14+,15?/m0/s1. The first-order valence-electron chi connectivity index (χ1n) is 10.1. The SMILES string of the molecule is COC(=O)c1ccc2cc(C3CC[C@H]4CC(C)CC[C@@H]4C3)c(F)c(F)c2c1F. The number of halogens is 3. The maximum atomic E-state index is 14.9. The lowest BCUT2D eigenvalue weighted by molar-refractivity contribution is 0.0596. The van der Waals surface area contributed by atoms with E-state index in [9.17, 15) is 18.0 Å². The van der Waals surface area contributed by atoms with Crippen LogP contribution in [-0.2, 0) is 4.74 Å². The second kappa shape index (κ2) is 7.41. The van der Waals surface area contributed by atoms with Crippen molar-refractivity contribution in [1.82, 2.24) is 0 Å². The van der Waals surface area contributed by atoms with Crippen molar-refractivity contribution >= 4 is 16.7 Å². The van der Waals surface area contributed by atoms with Gasteiger partial charge in [0, 0.05) is 0 Å². The fourth-order valence-electron chi connectivity index (χ4n) is 5.37. The highest BCUT2D eigenvalue weighted by molar-refractivity contribution is 5.96. The van der Waals surface area contributed by atoms with Crippen LogP contribution in [0.15, 0.2) is 18.2 Å². The Kier molecular flexibility index (Phi) is 5.11. The van der Waals surface area contributed by atoms with Gasteiger partial charge in [-0.05, 0) is 78.9 Å². The van der Waals surface area contributed by atoms with Crippen molar-refractivity contribution in [3.05, 3.63) is 46.8 Å². The van der Waals surface area contributed by atoms with Gasteiger partial charge in [0.15, 0.2) is 11.6 Å². The number of fused-ring (bicyclic) bond motifs is 2. The van der Waals surface area contributed by atoms with Crippen molar-refractivity contribution in [3.8, 4) is 0 Å². The molecule has 0 aromatic heterocycles. The van der Waals surface area contributed by atoms with Crippen LogP contribution in [0.25, 0.3) is 10.8 Å². The van der Waals surface area contributed by atoms with E-state index in [0.717, 1.165) is 38.7 Å². The smallest absolute Gasteiger partial charge is 0.340 e. The van der Waals surface area contributed by atoms with Crippen LogP contribution in [0.5, 0.6) is 0 Å². The maximum Gasteiger partial charge on any atom is 0.340 e. The Hall–Kier alpha value is -2.04. The third-order valence-corrected chi connectivity index (χ3v) is 6.87. The molecule has 4 rings (SSSR count). The summed E-state index contributed by atoms with van der Waals surface area (Å²) >= 11 is 0. The molecule has 0 radical (unpaired) electrons. The van der Waals surface area contributed by atoms with Gasteiger partial charge < -0.3 is 4.74 Å². The molecule has 2 aliphatic carbocycles. The molecular weight excluding hydrogens is 365 g/mol. The molecule has 4 atom stereocenters. The molecule has 0 heterocycles. The number of esters is 1.